The van der Waals surface area contributed by atoms with Crippen LogP contribution in [0.5, 0.6) is 0 Å². The molecule has 0 heterocycles. The molecule has 0 spiro atoms. The lowest BCUT2D eigenvalue weighted by Crippen LogP contribution is -2.37. The average Bonchev–Trinajstić information content (AvgIpc) is 2.06. The van der Waals surface area contributed by atoms with Crippen molar-refractivity contribution in [2.45, 2.75) is 39.7 Å². The van der Waals surface area contributed by atoms with Gasteiger partial charge in [-0.2, -0.15) is 0 Å². The van der Waals surface area contributed by atoms with E-state index in [4.69, 9.17) is 11.6 Å². The summed E-state index contributed by atoms with van der Waals surface area (Å²) in [6, 6.07) is 0.0831. The number of halogens is 1. The van der Waals surface area contributed by atoms with Gasteiger partial charge in [-0.15, -0.1) is 11.6 Å². The summed E-state index contributed by atoms with van der Waals surface area (Å²) in [5, 5.41) is 2.86. The van der Waals surface area contributed by atoms with Crippen molar-refractivity contribution in [1.29, 1.82) is 0 Å². The van der Waals surface area contributed by atoms with Crippen LogP contribution in [0.4, 0.5) is 0 Å². The molecule has 1 atom stereocenters. The first-order chi connectivity index (χ1) is 5.65. The summed E-state index contributed by atoms with van der Waals surface area (Å²) in [6.45, 7) is 5.96. The molecule has 0 saturated carbocycles. The molecule has 72 valence electrons. The number of carbonyl (C=O) groups excluding carboxylic acids is 1. The number of hydrogen-bond acceptors (Lipinski definition) is 1. The van der Waals surface area contributed by atoms with E-state index >= 15 is 0 Å². The summed E-state index contributed by atoms with van der Waals surface area (Å²) in [5.41, 5.74) is 0. The van der Waals surface area contributed by atoms with Crippen molar-refractivity contribution in [1.82, 2.24) is 5.32 Å². The van der Waals surface area contributed by atoms with Crippen LogP contribution in [-0.4, -0.2) is 17.8 Å². The van der Waals surface area contributed by atoms with Crippen molar-refractivity contribution >= 4 is 17.5 Å². The zero-order valence-corrected chi connectivity index (χ0v) is 8.82. The summed E-state index contributed by atoms with van der Waals surface area (Å²) in [5.74, 6) is 0.759. The number of alkyl halides is 1. The predicted molar refractivity (Wildman–Crippen MR) is 52.4 cm³/mol. The van der Waals surface area contributed by atoms with Crippen LogP contribution >= 0.6 is 11.6 Å². The van der Waals surface area contributed by atoms with Gasteiger partial charge in [0, 0.05) is 17.8 Å². The van der Waals surface area contributed by atoms with Gasteiger partial charge in [0.2, 0.25) is 5.91 Å². The maximum Gasteiger partial charge on any atom is 0.223 e. The van der Waals surface area contributed by atoms with Gasteiger partial charge in [-0.05, 0) is 19.8 Å². The van der Waals surface area contributed by atoms with E-state index in [1.54, 1.807) is 0 Å². The van der Waals surface area contributed by atoms with Crippen LogP contribution in [0.25, 0.3) is 0 Å². The summed E-state index contributed by atoms with van der Waals surface area (Å²) in [4.78, 5) is 11.4. The second-order valence-corrected chi connectivity index (χ2v) is 3.39. The maximum absolute atomic E-state index is 11.4. The van der Waals surface area contributed by atoms with E-state index in [2.05, 4.69) is 5.32 Å². The molecule has 1 unspecified atom stereocenters. The van der Waals surface area contributed by atoms with Gasteiger partial charge >= 0.3 is 0 Å². The van der Waals surface area contributed by atoms with Crippen LogP contribution in [-0.2, 0) is 4.79 Å². The maximum atomic E-state index is 11.4. The highest BCUT2D eigenvalue weighted by Gasteiger charge is 2.15. The largest absolute Gasteiger partial charge is 0.352 e. The van der Waals surface area contributed by atoms with E-state index in [1.807, 2.05) is 20.8 Å². The van der Waals surface area contributed by atoms with Gasteiger partial charge in [0.05, 0.1) is 0 Å². The lowest BCUT2D eigenvalue weighted by Gasteiger charge is -2.16. The van der Waals surface area contributed by atoms with Gasteiger partial charge in [-0.25, -0.2) is 0 Å². The van der Waals surface area contributed by atoms with Crippen LogP contribution in [0.1, 0.15) is 33.6 Å². The molecule has 0 aliphatic heterocycles. The fourth-order valence-electron chi connectivity index (χ4n) is 1.06. The number of amides is 1. The van der Waals surface area contributed by atoms with E-state index in [1.165, 1.54) is 0 Å². The zero-order valence-electron chi connectivity index (χ0n) is 8.06. The Labute approximate surface area is 79.7 Å². The molecule has 0 aliphatic rings. The second-order valence-electron chi connectivity index (χ2n) is 3.08. The lowest BCUT2D eigenvalue weighted by atomic mass is 10.0. The van der Waals surface area contributed by atoms with E-state index in [9.17, 15) is 4.79 Å². The normalized spacial score (nSPS) is 13.1. The molecule has 0 rings (SSSR count). The first-order valence-electron chi connectivity index (χ1n) is 4.52. The van der Waals surface area contributed by atoms with E-state index in [0.717, 1.165) is 12.8 Å². The van der Waals surface area contributed by atoms with Crippen molar-refractivity contribution in [3.63, 3.8) is 0 Å². The van der Waals surface area contributed by atoms with Crippen LogP contribution in [0.3, 0.4) is 0 Å². The third kappa shape index (κ3) is 3.96. The Balaban J connectivity index is 3.84. The minimum Gasteiger partial charge on any atom is -0.352 e. The average molecular weight is 192 g/mol. The van der Waals surface area contributed by atoms with Crippen LogP contribution in [0, 0.1) is 5.92 Å². The Morgan fingerprint density at radius 1 is 1.42 bits per heavy atom. The topological polar surface area (TPSA) is 29.1 Å². The van der Waals surface area contributed by atoms with Crippen molar-refractivity contribution in [3.8, 4) is 0 Å². The van der Waals surface area contributed by atoms with Gasteiger partial charge in [-0.3, -0.25) is 4.79 Å². The molecule has 1 amide bonds. The van der Waals surface area contributed by atoms with Gasteiger partial charge < -0.3 is 5.32 Å². The Kier molecular flexibility index (Phi) is 6.17. The Hall–Kier alpha value is -0.240. The minimum absolute atomic E-state index is 0.0831. The zero-order chi connectivity index (χ0) is 9.56. The lowest BCUT2D eigenvalue weighted by molar-refractivity contribution is -0.125. The smallest absolute Gasteiger partial charge is 0.223 e. The molecule has 0 radical (unpaired) electrons. The molecule has 0 bridgehead atoms. The van der Waals surface area contributed by atoms with E-state index in [0.29, 0.717) is 5.88 Å². The third-order valence-electron chi connectivity index (χ3n) is 1.98. The van der Waals surface area contributed by atoms with Crippen LogP contribution in [0.2, 0.25) is 0 Å². The summed E-state index contributed by atoms with van der Waals surface area (Å²) in [7, 11) is 0. The van der Waals surface area contributed by atoms with Gasteiger partial charge in [0.15, 0.2) is 0 Å². The molecule has 0 saturated heterocycles. The van der Waals surface area contributed by atoms with Crippen LogP contribution < -0.4 is 5.32 Å². The van der Waals surface area contributed by atoms with Crippen molar-refractivity contribution in [3.05, 3.63) is 0 Å². The summed E-state index contributed by atoms with van der Waals surface area (Å²) >= 11 is 5.57. The highest BCUT2D eigenvalue weighted by molar-refractivity contribution is 6.18. The first kappa shape index (κ1) is 11.8. The fourth-order valence-corrected chi connectivity index (χ4v) is 1.14. The number of hydrogen-bond donors (Lipinski definition) is 1. The molecular weight excluding hydrogens is 174 g/mol. The summed E-state index contributed by atoms with van der Waals surface area (Å²) in [6.07, 6.45) is 1.80. The van der Waals surface area contributed by atoms with Crippen molar-refractivity contribution < 1.29 is 4.79 Å². The molecule has 1 N–H and O–H groups in total. The molecule has 0 aromatic carbocycles. The Morgan fingerprint density at radius 3 is 2.25 bits per heavy atom. The standard InChI is InChI=1S/C9H18ClNO/c1-4-8(5-2)9(12)11-7(3)6-10/h7-8H,4-6H2,1-3H3,(H,11,12). The molecule has 0 aromatic rings. The SMILES string of the molecule is CCC(CC)C(=O)NC(C)CCl. The highest BCUT2D eigenvalue weighted by atomic mass is 35.5. The third-order valence-corrected chi connectivity index (χ3v) is 2.44. The molecule has 0 fully saturated rings. The van der Waals surface area contributed by atoms with Crippen molar-refractivity contribution in [2.75, 3.05) is 5.88 Å². The molecule has 3 heteroatoms. The van der Waals surface area contributed by atoms with Gasteiger partial charge in [0.1, 0.15) is 0 Å². The van der Waals surface area contributed by atoms with E-state index < -0.39 is 0 Å². The highest BCUT2D eigenvalue weighted by Crippen LogP contribution is 2.07. The van der Waals surface area contributed by atoms with Gasteiger partial charge in [-0.1, -0.05) is 13.8 Å². The van der Waals surface area contributed by atoms with E-state index in [-0.39, 0.29) is 17.9 Å². The number of nitrogens with one attached hydrogen (secondary N) is 1. The Morgan fingerprint density at radius 2 is 1.92 bits per heavy atom. The van der Waals surface area contributed by atoms with Gasteiger partial charge in [0.25, 0.3) is 0 Å². The molecule has 12 heavy (non-hydrogen) atoms. The molecule has 0 aromatic heterocycles. The quantitative estimate of drug-likeness (QED) is 0.664. The predicted octanol–water partition coefficient (Wildman–Crippen LogP) is 2.17. The van der Waals surface area contributed by atoms with Crippen molar-refractivity contribution in [2.24, 2.45) is 5.92 Å². The molecular formula is C9H18ClNO. The van der Waals surface area contributed by atoms with Crippen LogP contribution in [0.15, 0.2) is 0 Å². The summed E-state index contributed by atoms with van der Waals surface area (Å²) < 4.78 is 0. The fraction of sp³-hybridized carbons (Fsp3) is 0.889. The minimum atomic E-state index is 0.0831. The Bertz CT molecular complexity index is 134. The second kappa shape index (κ2) is 6.30. The first-order valence-corrected chi connectivity index (χ1v) is 5.05. The number of carbonyl (C=O) groups is 1. The molecule has 0 aliphatic carbocycles. The monoisotopic (exact) mass is 191 g/mol. The number of rotatable bonds is 5. The molecule has 2 nitrogen and oxygen atoms in total.